The predicted molar refractivity (Wildman–Crippen MR) is 137 cm³/mol. The number of benzene rings is 2. The molecule has 4 bridgehead atoms. The molecule has 3 N–H and O–H groups in total. The summed E-state index contributed by atoms with van der Waals surface area (Å²) in [5, 5.41) is 21.6. The van der Waals surface area contributed by atoms with E-state index in [1.165, 1.54) is 25.3 Å². The summed E-state index contributed by atoms with van der Waals surface area (Å²) in [4.78, 5) is 19.4. The van der Waals surface area contributed by atoms with Gasteiger partial charge in [0.2, 0.25) is 5.91 Å². The second-order valence-electron chi connectivity index (χ2n) is 11.1. The smallest absolute Gasteiger partial charge is 0.234 e. The number of ether oxygens (including phenoxy) is 1. The van der Waals surface area contributed by atoms with Crippen LogP contribution < -0.4 is 4.74 Å². The highest BCUT2D eigenvalue weighted by Crippen LogP contribution is 2.62. The van der Waals surface area contributed by atoms with Crippen LogP contribution >= 0.6 is 11.8 Å². The van der Waals surface area contributed by atoms with Crippen LogP contribution in [-0.2, 0) is 4.79 Å². The molecule has 5 aliphatic rings. The van der Waals surface area contributed by atoms with Gasteiger partial charge in [-0.25, -0.2) is 0 Å². The molecule has 4 saturated carbocycles. The zero-order chi connectivity index (χ0) is 23.9. The maximum absolute atomic E-state index is 13.6. The number of hydrogen-bond acceptors (Lipinski definition) is 5. The molecule has 3 aromatic rings. The average Bonchev–Trinajstić information content (AvgIpc) is 3.38. The first-order chi connectivity index (χ1) is 16.9. The van der Waals surface area contributed by atoms with Crippen LogP contribution in [0.15, 0.2) is 36.4 Å². The maximum Gasteiger partial charge on any atom is 0.234 e. The van der Waals surface area contributed by atoms with E-state index in [9.17, 15) is 15.0 Å². The third-order valence-electron chi connectivity index (χ3n) is 8.93. The lowest BCUT2D eigenvalue weighted by atomic mass is 9.52. The normalized spacial score (nSPS) is 31.6. The summed E-state index contributed by atoms with van der Waals surface area (Å²) in [5.41, 5.74) is 3.32. The Kier molecular flexibility index (Phi) is 4.66. The number of fused-ring (bicyclic) bond motifs is 1. The Balaban J connectivity index is 1.42. The number of nitrogens with zero attached hydrogens (tertiary/aromatic N) is 1. The molecule has 1 aliphatic heterocycles. The van der Waals surface area contributed by atoms with Gasteiger partial charge < -0.3 is 24.8 Å². The number of phenolic OH excluding ortho intramolecular Hbond substituents is 2. The van der Waals surface area contributed by atoms with Gasteiger partial charge in [0, 0.05) is 33.6 Å². The van der Waals surface area contributed by atoms with Crippen molar-refractivity contribution >= 4 is 28.6 Å². The number of carbonyl (C=O) groups is 1. The Morgan fingerprint density at radius 2 is 1.74 bits per heavy atom. The van der Waals surface area contributed by atoms with Crippen molar-refractivity contribution in [2.45, 2.75) is 49.4 Å². The molecule has 1 aromatic heterocycles. The largest absolute Gasteiger partial charge is 0.508 e. The number of aromatic hydroxyl groups is 2. The van der Waals surface area contributed by atoms with Gasteiger partial charge in [0.1, 0.15) is 22.6 Å². The van der Waals surface area contributed by atoms with E-state index in [-0.39, 0.29) is 28.3 Å². The number of hydrogen-bond donors (Lipinski definition) is 3. The molecule has 1 atom stereocenters. The molecule has 1 amide bonds. The summed E-state index contributed by atoms with van der Waals surface area (Å²) >= 11 is 1.70. The number of amides is 1. The highest BCUT2D eigenvalue weighted by molar-refractivity contribution is 8.00. The van der Waals surface area contributed by atoms with Crippen molar-refractivity contribution in [3.05, 3.63) is 42.0 Å². The Hall–Kier alpha value is -2.80. The molecular formula is C28H30N2O4S. The van der Waals surface area contributed by atoms with Gasteiger partial charge in [-0.1, -0.05) is 0 Å². The van der Waals surface area contributed by atoms with Gasteiger partial charge in [0.25, 0.3) is 0 Å². The fourth-order valence-corrected chi connectivity index (χ4v) is 9.37. The van der Waals surface area contributed by atoms with E-state index < -0.39 is 0 Å². The van der Waals surface area contributed by atoms with Crippen molar-refractivity contribution in [2.75, 3.05) is 12.9 Å². The number of aromatic nitrogens is 1. The van der Waals surface area contributed by atoms with Crippen LogP contribution in [0.25, 0.3) is 22.2 Å². The molecule has 1 saturated heterocycles. The molecule has 5 fully saturated rings. The first kappa shape index (κ1) is 21.5. The van der Waals surface area contributed by atoms with Crippen molar-refractivity contribution in [3.63, 3.8) is 0 Å². The standard InChI is InChI=1S/C28H30N2O4S/c1-34-19-3-5-22-21(10-19)25(26(29-22)20-4-2-18(31)9-23(20)32)27-30(24(33)14-35-27)28-11-15-6-16(12-28)8-17(7-15)13-28/h2-5,9-10,15-17,27,29,31-32H,6-8,11-14H2,1H3. The SMILES string of the molecule is COc1ccc2[nH]c(-c3ccc(O)cc3O)c(C3SCC(=O)N3C34CC5CC(CC(C5)C3)C4)c2c1. The average molecular weight is 491 g/mol. The molecule has 8 rings (SSSR count). The van der Waals surface area contributed by atoms with Gasteiger partial charge in [0.15, 0.2) is 0 Å². The van der Waals surface area contributed by atoms with Gasteiger partial charge in [-0.3, -0.25) is 4.79 Å². The molecule has 0 spiro atoms. The monoisotopic (exact) mass is 490 g/mol. The number of rotatable bonds is 4. The van der Waals surface area contributed by atoms with Crippen LogP contribution in [0.5, 0.6) is 17.2 Å². The third-order valence-corrected chi connectivity index (χ3v) is 10.1. The van der Waals surface area contributed by atoms with Gasteiger partial charge in [-0.2, -0.15) is 0 Å². The maximum atomic E-state index is 13.6. The summed E-state index contributed by atoms with van der Waals surface area (Å²) in [6.07, 6.45) is 7.34. The van der Waals surface area contributed by atoms with Crippen LogP contribution in [0.3, 0.4) is 0 Å². The molecule has 6 nitrogen and oxygen atoms in total. The number of methoxy groups -OCH3 is 1. The van der Waals surface area contributed by atoms with Crippen LogP contribution in [0.1, 0.15) is 49.5 Å². The van der Waals surface area contributed by atoms with Crippen LogP contribution in [0, 0.1) is 17.8 Å². The minimum atomic E-state index is -0.136. The summed E-state index contributed by atoms with van der Waals surface area (Å²) in [6, 6.07) is 10.7. The Morgan fingerprint density at radius 1 is 1.03 bits per heavy atom. The Bertz CT molecular complexity index is 1310. The quantitative estimate of drug-likeness (QED) is 0.431. The zero-order valence-corrected chi connectivity index (χ0v) is 20.6. The lowest BCUT2D eigenvalue weighted by Gasteiger charge is -2.60. The summed E-state index contributed by atoms with van der Waals surface area (Å²) in [7, 11) is 1.66. The van der Waals surface area contributed by atoms with Crippen LogP contribution in [0.4, 0.5) is 0 Å². The van der Waals surface area contributed by atoms with E-state index in [0.717, 1.165) is 64.9 Å². The number of aromatic amines is 1. The second-order valence-corrected chi connectivity index (χ2v) is 12.2. The van der Waals surface area contributed by atoms with E-state index in [0.29, 0.717) is 11.3 Å². The van der Waals surface area contributed by atoms with E-state index in [4.69, 9.17) is 4.74 Å². The number of H-pyrrole nitrogens is 1. The fourth-order valence-electron chi connectivity index (χ4n) is 8.03. The number of nitrogens with one attached hydrogen (secondary N) is 1. The number of thioether (sulfide) groups is 1. The third kappa shape index (κ3) is 3.20. The van der Waals surface area contributed by atoms with Crippen molar-refractivity contribution in [3.8, 4) is 28.5 Å². The lowest BCUT2D eigenvalue weighted by molar-refractivity contribution is -0.148. The first-order valence-electron chi connectivity index (χ1n) is 12.6. The van der Waals surface area contributed by atoms with E-state index in [1.807, 2.05) is 18.2 Å². The fraction of sp³-hybridized carbons (Fsp3) is 0.464. The van der Waals surface area contributed by atoms with Gasteiger partial charge in [-0.05, 0) is 86.6 Å². The highest BCUT2D eigenvalue weighted by Gasteiger charge is 2.58. The van der Waals surface area contributed by atoms with Crippen molar-refractivity contribution in [1.82, 2.24) is 9.88 Å². The number of phenols is 2. The molecule has 7 heteroatoms. The van der Waals surface area contributed by atoms with E-state index in [2.05, 4.69) is 9.88 Å². The molecule has 182 valence electrons. The molecular weight excluding hydrogens is 460 g/mol. The highest BCUT2D eigenvalue weighted by atomic mass is 32.2. The summed E-state index contributed by atoms with van der Waals surface area (Å²) in [5.74, 6) is 3.72. The van der Waals surface area contributed by atoms with E-state index >= 15 is 0 Å². The van der Waals surface area contributed by atoms with Gasteiger partial charge >= 0.3 is 0 Å². The minimum Gasteiger partial charge on any atom is -0.508 e. The van der Waals surface area contributed by atoms with Gasteiger partial charge in [0.05, 0.1) is 18.6 Å². The Labute approximate surface area is 208 Å². The lowest BCUT2D eigenvalue weighted by Crippen LogP contribution is -2.60. The van der Waals surface area contributed by atoms with Crippen molar-refractivity contribution in [2.24, 2.45) is 17.8 Å². The molecule has 0 radical (unpaired) electrons. The zero-order valence-electron chi connectivity index (χ0n) is 19.8. The van der Waals surface area contributed by atoms with Crippen molar-refractivity contribution < 1.29 is 19.7 Å². The Morgan fingerprint density at radius 3 is 2.40 bits per heavy atom. The molecule has 35 heavy (non-hydrogen) atoms. The van der Waals surface area contributed by atoms with Crippen LogP contribution in [0.2, 0.25) is 0 Å². The molecule has 2 aromatic carbocycles. The second kappa shape index (κ2) is 7.60. The predicted octanol–water partition coefficient (Wildman–Crippen LogP) is 5.80. The topological polar surface area (TPSA) is 85.8 Å². The first-order valence-corrected chi connectivity index (χ1v) is 13.6. The van der Waals surface area contributed by atoms with E-state index in [1.54, 1.807) is 31.0 Å². The summed E-state index contributed by atoms with van der Waals surface area (Å²) < 4.78 is 5.56. The minimum absolute atomic E-state index is 0.0143. The number of carbonyl (C=O) groups excluding carboxylic acids is 1. The van der Waals surface area contributed by atoms with Crippen LogP contribution in [-0.4, -0.2) is 44.4 Å². The molecule has 2 heterocycles. The summed E-state index contributed by atoms with van der Waals surface area (Å²) in [6.45, 7) is 0. The van der Waals surface area contributed by atoms with Gasteiger partial charge in [-0.15, -0.1) is 11.8 Å². The molecule has 4 aliphatic carbocycles. The molecule has 1 unspecified atom stereocenters. The van der Waals surface area contributed by atoms with Crippen molar-refractivity contribution in [1.29, 1.82) is 0 Å².